The van der Waals surface area contributed by atoms with Gasteiger partial charge in [0.15, 0.2) is 5.69 Å². The van der Waals surface area contributed by atoms with E-state index in [4.69, 9.17) is 22.1 Å². The fraction of sp³-hybridized carbons (Fsp3) is 0.167. The van der Waals surface area contributed by atoms with E-state index in [1.54, 1.807) is 6.92 Å². The Morgan fingerprint density at radius 3 is 2.90 bits per heavy atom. The molecule has 0 unspecified atom stereocenters. The SMILES string of the molecule is CCOC(=O)c1ncn(-c2cc([N+](=O)[O-])ccc2Cl)c1N. The molecule has 1 aromatic heterocycles. The number of anilines is 1. The van der Waals surface area contributed by atoms with Gasteiger partial charge in [-0.15, -0.1) is 0 Å². The minimum Gasteiger partial charge on any atom is -0.461 e. The second-order valence-corrected chi connectivity index (χ2v) is 4.37. The Labute approximate surface area is 124 Å². The summed E-state index contributed by atoms with van der Waals surface area (Å²) in [5, 5.41) is 11.0. The lowest BCUT2D eigenvalue weighted by Gasteiger charge is -2.07. The van der Waals surface area contributed by atoms with Gasteiger partial charge in [-0.05, 0) is 13.0 Å². The van der Waals surface area contributed by atoms with E-state index >= 15 is 0 Å². The molecule has 0 aliphatic heterocycles. The number of imidazole rings is 1. The molecule has 8 nitrogen and oxygen atoms in total. The Kier molecular flexibility index (Phi) is 4.08. The van der Waals surface area contributed by atoms with Gasteiger partial charge in [0.05, 0.1) is 22.2 Å². The fourth-order valence-corrected chi connectivity index (χ4v) is 1.91. The zero-order chi connectivity index (χ0) is 15.6. The standard InChI is InChI=1S/C12H11ClN4O4/c1-2-21-12(18)10-11(14)16(6-15-10)9-5-7(17(19)20)3-4-8(9)13/h3-6H,2,14H2,1H3. The van der Waals surface area contributed by atoms with E-state index in [2.05, 4.69) is 4.98 Å². The number of hydrogen-bond donors (Lipinski definition) is 1. The van der Waals surface area contributed by atoms with Gasteiger partial charge in [0.2, 0.25) is 0 Å². The van der Waals surface area contributed by atoms with Crippen molar-refractivity contribution >= 4 is 29.1 Å². The van der Waals surface area contributed by atoms with Crippen LogP contribution in [-0.2, 0) is 4.74 Å². The highest BCUT2D eigenvalue weighted by atomic mass is 35.5. The number of ether oxygens (including phenoxy) is 1. The van der Waals surface area contributed by atoms with Crippen LogP contribution in [0.3, 0.4) is 0 Å². The Morgan fingerprint density at radius 1 is 1.57 bits per heavy atom. The van der Waals surface area contributed by atoms with E-state index in [-0.39, 0.29) is 34.5 Å². The maximum Gasteiger partial charge on any atom is 0.360 e. The predicted molar refractivity (Wildman–Crippen MR) is 75.6 cm³/mol. The van der Waals surface area contributed by atoms with Gasteiger partial charge in [-0.25, -0.2) is 9.78 Å². The summed E-state index contributed by atoms with van der Waals surface area (Å²) in [6.07, 6.45) is 1.26. The van der Waals surface area contributed by atoms with E-state index < -0.39 is 10.9 Å². The van der Waals surface area contributed by atoms with E-state index in [1.165, 1.54) is 29.1 Å². The van der Waals surface area contributed by atoms with Crippen LogP contribution in [0.4, 0.5) is 11.5 Å². The highest BCUT2D eigenvalue weighted by molar-refractivity contribution is 6.32. The van der Waals surface area contributed by atoms with E-state index in [0.717, 1.165) is 0 Å². The second-order valence-electron chi connectivity index (χ2n) is 3.96. The van der Waals surface area contributed by atoms with Crippen LogP contribution in [-0.4, -0.2) is 27.1 Å². The molecule has 0 saturated carbocycles. The Morgan fingerprint density at radius 2 is 2.29 bits per heavy atom. The second kappa shape index (κ2) is 5.80. The lowest BCUT2D eigenvalue weighted by atomic mass is 10.2. The molecule has 2 rings (SSSR count). The highest BCUT2D eigenvalue weighted by Crippen LogP contribution is 2.28. The zero-order valence-electron chi connectivity index (χ0n) is 10.9. The average Bonchev–Trinajstić information content (AvgIpc) is 2.81. The quantitative estimate of drug-likeness (QED) is 0.526. The number of nitrogen functional groups attached to an aromatic ring is 1. The zero-order valence-corrected chi connectivity index (χ0v) is 11.7. The molecule has 0 atom stereocenters. The number of hydrogen-bond acceptors (Lipinski definition) is 6. The largest absolute Gasteiger partial charge is 0.461 e. The van der Waals surface area contributed by atoms with Crippen LogP contribution in [0.15, 0.2) is 24.5 Å². The summed E-state index contributed by atoms with van der Waals surface area (Å²) in [5.74, 6) is -0.675. The summed E-state index contributed by atoms with van der Waals surface area (Å²) in [5.41, 5.74) is 5.87. The van der Waals surface area contributed by atoms with Crippen LogP contribution in [0, 0.1) is 10.1 Å². The first kappa shape index (κ1) is 14.8. The molecule has 2 aromatic rings. The van der Waals surface area contributed by atoms with Crippen molar-refractivity contribution in [2.75, 3.05) is 12.3 Å². The lowest BCUT2D eigenvalue weighted by Crippen LogP contribution is -2.09. The number of nitro groups is 1. The summed E-state index contributed by atoms with van der Waals surface area (Å²) in [7, 11) is 0. The molecular formula is C12H11ClN4O4. The number of nitrogens with zero attached hydrogens (tertiary/aromatic N) is 3. The third-order valence-electron chi connectivity index (χ3n) is 2.67. The van der Waals surface area contributed by atoms with Crippen molar-refractivity contribution in [2.45, 2.75) is 6.92 Å². The number of rotatable bonds is 4. The number of benzene rings is 1. The third-order valence-corrected chi connectivity index (χ3v) is 2.99. The molecule has 110 valence electrons. The van der Waals surface area contributed by atoms with Crippen molar-refractivity contribution < 1.29 is 14.5 Å². The molecule has 0 saturated heterocycles. The van der Waals surface area contributed by atoms with Gasteiger partial charge in [-0.1, -0.05) is 11.6 Å². The number of halogens is 1. The molecule has 21 heavy (non-hydrogen) atoms. The molecule has 0 aliphatic rings. The predicted octanol–water partition coefficient (Wildman–Crippen LogP) is 2.19. The molecular weight excluding hydrogens is 300 g/mol. The number of nitrogens with two attached hydrogens (primary N) is 1. The number of nitro benzene ring substituents is 1. The van der Waals surface area contributed by atoms with Crippen LogP contribution in [0.5, 0.6) is 0 Å². The molecule has 9 heteroatoms. The molecule has 0 fully saturated rings. The minimum absolute atomic E-state index is 0.00384. The molecule has 0 radical (unpaired) electrons. The van der Waals surface area contributed by atoms with Gasteiger partial charge >= 0.3 is 5.97 Å². The van der Waals surface area contributed by atoms with Crippen molar-refractivity contribution in [3.05, 3.63) is 45.4 Å². The van der Waals surface area contributed by atoms with Crippen molar-refractivity contribution in [1.82, 2.24) is 9.55 Å². The van der Waals surface area contributed by atoms with Crippen molar-refractivity contribution in [3.63, 3.8) is 0 Å². The summed E-state index contributed by atoms with van der Waals surface area (Å²) < 4.78 is 6.11. The number of carbonyl (C=O) groups excluding carboxylic acids is 1. The monoisotopic (exact) mass is 310 g/mol. The maximum absolute atomic E-state index is 11.7. The van der Waals surface area contributed by atoms with E-state index in [9.17, 15) is 14.9 Å². The van der Waals surface area contributed by atoms with Gasteiger partial charge in [0.1, 0.15) is 12.1 Å². The molecule has 0 spiro atoms. The molecule has 1 heterocycles. The molecule has 0 aliphatic carbocycles. The maximum atomic E-state index is 11.7. The number of carbonyl (C=O) groups is 1. The number of esters is 1. The van der Waals surface area contributed by atoms with Crippen LogP contribution in [0.25, 0.3) is 5.69 Å². The van der Waals surface area contributed by atoms with Gasteiger partial charge in [-0.2, -0.15) is 0 Å². The fourth-order valence-electron chi connectivity index (χ4n) is 1.71. The van der Waals surface area contributed by atoms with Crippen LogP contribution in [0.2, 0.25) is 5.02 Å². The van der Waals surface area contributed by atoms with Crippen LogP contribution in [0.1, 0.15) is 17.4 Å². The smallest absolute Gasteiger partial charge is 0.360 e. The lowest BCUT2D eigenvalue weighted by molar-refractivity contribution is -0.384. The van der Waals surface area contributed by atoms with Crippen molar-refractivity contribution in [3.8, 4) is 5.69 Å². The summed E-state index contributed by atoms with van der Waals surface area (Å²) in [4.78, 5) is 25.8. The van der Waals surface area contributed by atoms with Gasteiger partial charge in [0.25, 0.3) is 5.69 Å². The number of aromatic nitrogens is 2. The Bertz CT molecular complexity index is 713. The first-order valence-electron chi connectivity index (χ1n) is 5.90. The molecule has 2 N–H and O–H groups in total. The van der Waals surface area contributed by atoms with Gasteiger partial charge in [0, 0.05) is 12.1 Å². The molecule has 0 amide bonds. The average molecular weight is 311 g/mol. The first-order chi connectivity index (χ1) is 9.95. The van der Waals surface area contributed by atoms with Gasteiger partial charge < -0.3 is 10.5 Å². The third kappa shape index (κ3) is 2.79. The summed E-state index contributed by atoms with van der Waals surface area (Å²) >= 11 is 6.01. The van der Waals surface area contributed by atoms with Crippen molar-refractivity contribution in [2.24, 2.45) is 0 Å². The van der Waals surface area contributed by atoms with E-state index in [1.807, 2.05) is 0 Å². The van der Waals surface area contributed by atoms with Crippen molar-refractivity contribution in [1.29, 1.82) is 0 Å². The van der Waals surface area contributed by atoms with Crippen LogP contribution < -0.4 is 5.73 Å². The summed E-state index contributed by atoms with van der Waals surface area (Å²) in [6.45, 7) is 1.84. The molecule has 0 bridgehead atoms. The Hall–Kier alpha value is -2.61. The molecule has 1 aromatic carbocycles. The summed E-state index contributed by atoms with van der Waals surface area (Å²) in [6, 6.07) is 3.89. The van der Waals surface area contributed by atoms with E-state index in [0.29, 0.717) is 0 Å². The minimum atomic E-state index is -0.671. The topological polar surface area (TPSA) is 113 Å². The normalized spacial score (nSPS) is 10.4. The highest BCUT2D eigenvalue weighted by Gasteiger charge is 2.20. The first-order valence-corrected chi connectivity index (χ1v) is 6.27. The van der Waals surface area contributed by atoms with Gasteiger partial charge in [-0.3, -0.25) is 14.7 Å². The van der Waals surface area contributed by atoms with Crippen LogP contribution >= 0.6 is 11.6 Å². The Balaban J connectivity index is 2.50. The number of non-ortho nitro benzene ring substituents is 1.